The second kappa shape index (κ2) is 9.86. The van der Waals surface area contributed by atoms with E-state index >= 15 is 0 Å². The quantitative estimate of drug-likeness (QED) is 0.239. The Balaban J connectivity index is 1.32. The molecule has 6 nitrogen and oxygen atoms in total. The fourth-order valence-corrected chi connectivity index (χ4v) is 6.47. The smallest absolute Gasteiger partial charge is 0.330 e. The number of carbonyl (C=O) groups is 3. The average Bonchev–Trinajstić information content (AvgIpc) is 3.49. The van der Waals surface area contributed by atoms with Crippen molar-refractivity contribution in [1.82, 2.24) is 4.90 Å². The fourth-order valence-electron chi connectivity index (χ4n) is 6.47. The second-order valence-corrected chi connectivity index (χ2v) is 10.4. The van der Waals surface area contributed by atoms with Gasteiger partial charge < -0.3 is 9.64 Å². The van der Waals surface area contributed by atoms with Crippen molar-refractivity contribution in [2.24, 2.45) is 11.8 Å². The first-order chi connectivity index (χ1) is 20.0. The molecule has 2 saturated heterocycles. The highest BCUT2D eigenvalue weighted by molar-refractivity contribution is 6.24. The van der Waals surface area contributed by atoms with E-state index < -0.39 is 53.6 Å². The van der Waals surface area contributed by atoms with Crippen LogP contribution in [0.3, 0.4) is 0 Å². The van der Waals surface area contributed by atoms with Gasteiger partial charge in [0.15, 0.2) is 6.10 Å². The molecular weight excluding hydrogens is 519 g/mol. The average molecular weight is 545 g/mol. The third kappa shape index (κ3) is 3.96. The molecule has 7 rings (SSSR count). The van der Waals surface area contributed by atoms with E-state index in [0.29, 0.717) is 0 Å². The molecular formula is C34H25FN2O4. The van der Waals surface area contributed by atoms with Crippen LogP contribution in [0, 0.1) is 17.7 Å². The van der Waals surface area contributed by atoms with Crippen LogP contribution in [0.25, 0.3) is 6.08 Å². The molecule has 0 unspecified atom stereocenters. The van der Waals surface area contributed by atoms with Crippen molar-refractivity contribution >= 4 is 29.5 Å². The summed E-state index contributed by atoms with van der Waals surface area (Å²) in [5.74, 6) is -4.38. The normalized spacial score (nSPS) is 22.5. The van der Waals surface area contributed by atoms with Crippen LogP contribution in [0.2, 0.25) is 0 Å². The van der Waals surface area contributed by atoms with Crippen molar-refractivity contribution in [3.63, 3.8) is 0 Å². The molecule has 0 radical (unpaired) electrons. The molecule has 3 aliphatic rings. The Labute approximate surface area is 236 Å². The van der Waals surface area contributed by atoms with Gasteiger partial charge in [-0.1, -0.05) is 97.1 Å². The van der Waals surface area contributed by atoms with Gasteiger partial charge in [0, 0.05) is 6.20 Å². The van der Waals surface area contributed by atoms with Crippen LogP contribution in [-0.4, -0.2) is 28.7 Å². The minimum absolute atomic E-state index is 0.110. The highest BCUT2D eigenvalue weighted by atomic mass is 19.1. The molecule has 0 aliphatic carbocycles. The summed E-state index contributed by atoms with van der Waals surface area (Å²) in [7, 11) is 0. The van der Waals surface area contributed by atoms with Gasteiger partial charge in [-0.2, -0.15) is 0 Å². The summed E-state index contributed by atoms with van der Waals surface area (Å²) in [6, 6.07) is 30.4. The summed E-state index contributed by atoms with van der Waals surface area (Å²) in [5.41, 5.74) is 3.18. The zero-order chi connectivity index (χ0) is 28.1. The molecule has 0 bridgehead atoms. The number of nitrogens with zero attached hydrogens (tertiary/aromatic N) is 2. The van der Waals surface area contributed by atoms with E-state index in [1.54, 1.807) is 17.2 Å². The molecule has 7 heteroatoms. The first-order valence-corrected chi connectivity index (χ1v) is 13.5. The molecule has 0 N–H and O–H groups in total. The first-order valence-electron chi connectivity index (χ1n) is 13.5. The van der Waals surface area contributed by atoms with Gasteiger partial charge in [-0.3, -0.25) is 9.59 Å². The lowest BCUT2D eigenvalue weighted by Gasteiger charge is -2.35. The van der Waals surface area contributed by atoms with Crippen LogP contribution in [0.4, 0.5) is 10.1 Å². The molecule has 0 saturated carbocycles. The number of hydrogen-bond donors (Lipinski definition) is 0. The highest BCUT2D eigenvalue weighted by Crippen LogP contribution is 2.53. The van der Waals surface area contributed by atoms with Crippen molar-refractivity contribution in [1.29, 1.82) is 0 Å². The van der Waals surface area contributed by atoms with Gasteiger partial charge in [0.25, 0.3) is 0 Å². The van der Waals surface area contributed by atoms with Crippen molar-refractivity contribution in [2.75, 3.05) is 4.90 Å². The summed E-state index contributed by atoms with van der Waals surface area (Å²) in [6.07, 6.45) is 2.92. The zero-order valence-electron chi connectivity index (χ0n) is 21.8. The molecule has 202 valence electrons. The van der Waals surface area contributed by atoms with E-state index in [4.69, 9.17) is 4.74 Å². The Bertz CT molecular complexity index is 1650. The van der Waals surface area contributed by atoms with Crippen LogP contribution in [0.1, 0.15) is 34.4 Å². The van der Waals surface area contributed by atoms with Crippen molar-refractivity contribution in [3.8, 4) is 0 Å². The number of imide groups is 1. The van der Waals surface area contributed by atoms with Crippen LogP contribution in [0.5, 0.6) is 0 Å². The summed E-state index contributed by atoms with van der Waals surface area (Å²) in [4.78, 5) is 44.9. The second-order valence-electron chi connectivity index (χ2n) is 10.4. The standard InChI is InChI=1S/C34H25FN2O4/c35-25-17-9-10-18-26(25)37-32(38)27-28(33(37)39)30(36-20-19-21-11-7-8-16-24(21)29(27)36)34(40)41-31(22-12-3-1-4-13-22)23-14-5-2-6-15-23/h1-20,27-31H/t27-,28-,29-,30+/m1/s1. The third-order valence-corrected chi connectivity index (χ3v) is 8.24. The van der Waals surface area contributed by atoms with Gasteiger partial charge in [-0.05, 0) is 40.5 Å². The minimum Gasteiger partial charge on any atom is -0.451 e. The maximum absolute atomic E-state index is 14.9. The third-order valence-electron chi connectivity index (χ3n) is 8.24. The molecule has 4 aromatic rings. The molecule has 2 fully saturated rings. The van der Waals surface area contributed by atoms with Crippen molar-refractivity contribution in [2.45, 2.75) is 18.2 Å². The molecule has 4 atom stereocenters. The maximum atomic E-state index is 14.9. The Morgan fingerprint density at radius 3 is 2.00 bits per heavy atom. The Hall–Kier alpha value is -5.04. The fraction of sp³-hybridized carbons (Fsp3) is 0.147. The highest BCUT2D eigenvalue weighted by Gasteiger charge is 2.65. The molecule has 0 spiro atoms. The van der Waals surface area contributed by atoms with E-state index in [0.717, 1.165) is 27.2 Å². The lowest BCUT2D eigenvalue weighted by Crippen LogP contribution is -2.45. The summed E-state index contributed by atoms with van der Waals surface area (Å²) in [6.45, 7) is 0. The van der Waals surface area contributed by atoms with E-state index in [-0.39, 0.29) is 5.69 Å². The van der Waals surface area contributed by atoms with Gasteiger partial charge in [-0.15, -0.1) is 0 Å². The van der Waals surface area contributed by atoms with Gasteiger partial charge in [-0.25, -0.2) is 14.1 Å². The molecule has 3 heterocycles. The SMILES string of the molecule is O=C(OC(c1ccccc1)c1ccccc1)[C@@H]1[C@@H]2C(=O)N(c3ccccc3F)C(=O)[C@H]2[C@H]2c3ccccc3C=CN12. The Kier molecular flexibility index (Phi) is 6.00. The van der Waals surface area contributed by atoms with Crippen LogP contribution in [0.15, 0.2) is 115 Å². The number of benzene rings is 4. The van der Waals surface area contributed by atoms with E-state index in [9.17, 15) is 18.8 Å². The number of carbonyl (C=O) groups excluding carboxylic acids is 3. The number of rotatable bonds is 5. The Morgan fingerprint density at radius 2 is 1.32 bits per heavy atom. The topological polar surface area (TPSA) is 66.9 Å². The number of fused-ring (bicyclic) bond motifs is 5. The largest absolute Gasteiger partial charge is 0.451 e. The van der Waals surface area contributed by atoms with Crippen molar-refractivity contribution < 1.29 is 23.5 Å². The molecule has 0 aromatic heterocycles. The number of hydrogen-bond acceptors (Lipinski definition) is 5. The number of anilines is 1. The van der Waals surface area contributed by atoms with Gasteiger partial charge in [0.1, 0.15) is 11.9 Å². The minimum atomic E-state index is -1.09. The van der Waals surface area contributed by atoms with Crippen LogP contribution < -0.4 is 4.90 Å². The number of ether oxygens (including phenoxy) is 1. The van der Waals surface area contributed by atoms with Gasteiger partial charge in [0.2, 0.25) is 11.8 Å². The molecule has 3 aliphatic heterocycles. The van der Waals surface area contributed by atoms with E-state index in [1.165, 1.54) is 18.2 Å². The summed E-state index contributed by atoms with van der Waals surface area (Å²) < 4.78 is 21.1. The van der Waals surface area contributed by atoms with E-state index in [1.807, 2.05) is 91.0 Å². The predicted molar refractivity (Wildman–Crippen MR) is 151 cm³/mol. The van der Waals surface area contributed by atoms with Gasteiger partial charge >= 0.3 is 5.97 Å². The number of para-hydroxylation sites is 1. The van der Waals surface area contributed by atoms with Crippen LogP contribution >= 0.6 is 0 Å². The Morgan fingerprint density at radius 1 is 0.732 bits per heavy atom. The van der Waals surface area contributed by atoms with E-state index in [2.05, 4.69) is 0 Å². The van der Waals surface area contributed by atoms with Crippen molar-refractivity contribution in [3.05, 3.63) is 143 Å². The number of halogens is 1. The lowest BCUT2D eigenvalue weighted by atomic mass is 9.84. The summed E-state index contributed by atoms with van der Waals surface area (Å²) in [5, 5.41) is 0. The lowest BCUT2D eigenvalue weighted by molar-refractivity contribution is -0.155. The zero-order valence-corrected chi connectivity index (χ0v) is 21.8. The predicted octanol–water partition coefficient (Wildman–Crippen LogP) is 5.67. The molecule has 2 amide bonds. The monoisotopic (exact) mass is 544 g/mol. The molecule has 4 aromatic carbocycles. The number of amides is 2. The first kappa shape index (κ1) is 25.0. The summed E-state index contributed by atoms with van der Waals surface area (Å²) >= 11 is 0. The number of esters is 1. The van der Waals surface area contributed by atoms with Gasteiger partial charge in [0.05, 0.1) is 23.6 Å². The molecule has 41 heavy (non-hydrogen) atoms. The maximum Gasteiger partial charge on any atom is 0.330 e. The van der Waals surface area contributed by atoms with Crippen LogP contribution in [-0.2, 0) is 19.1 Å².